The van der Waals surface area contributed by atoms with Gasteiger partial charge in [-0.1, -0.05) is 6.07 Å². The molecule has 0 atom stereocenters. The zero-order valence-electron chi connectivity index (χ0n) is 10.5. The average molecular weight is 354 g/mol. The molecule has 6 nitrogen and oxygen atoms in total. The zero-order chi connectivity index (χ0) is 15.6. The first-order valence-electron chi connectivity index (χ1n) is 5.65. The van der Waals surface area contributed by atoms with Gasteiger partial charge in [0.2, 0.25) is 5.75 Å². The van der Waals surface area contributed by atoms with Crippen molar-refractivity contribution in [2.45, 2.75) is 0 Å². The van der Waals surface area contributed by atoms with Crippen LogP contribution in [0.25, 0.3) is 0 Å². The molecule has 108 valence electrons. The van der Waals surface area contributed by atoms with Gasteiger partial charge in [0, 0.05) is 11.6 Å². The molecule has 0 unspecified atom stereocenters. The molecular weight excluding hydrogens is 345 g/mol. The number of nitrogens with one attached hydrogen (secondary N) is 1. The summed E-state index contributed by atoms with van der Waals surface area (Å²) in [6.07, 6.45) is 0. The van der Waals surface area contributed by atoms with Crippen LogP contribution in [0.4, 0.5) is 10.1 Å². The molecule has 0 spiro atoms. The zero-order valence-corrected chi connectivity index (χ0v) is 12.1. The molecule has 0 aliphatic carbocycles. The third-order valence-corrected chi connectivity index (χ3v) is 3.22. The molecular formula is C13H9BrFN3O3. The van der Waals surface area contributed by atoms with E-state index in [1.165, 1.54) is 24.3 Å². The van der Waals surface area contributed by atoms with E-state index >= 15 is 0 Å². The van der Waals surface area contributed by atoms with Gasteiger partial charge in [-0.2, -0.15) is 0 Å². The third-order valence-electron chi connectivity index (χ3n) is 2.60. The predicted molar refractivity (Wildman–Crippen MR) is 78.3 cm³/mol. The number of nitro benzene ring substituents is 1. The minimum atomic E-state index is -0.771. The number of para-hydroxylation sites is 1. The summed E-state index contributed by atoms with van der Waals surface area (Å²) in [5, 5.41) is 18.2. The van der Waals surface area contributed by atoms with E-state index in [0.717, 1.165) is 6.07 Å². The Hall–Kier alpha value is -2.48. The van der Waals surface area contributed by atoms with E-state index in [2.05, 4.69) is 15.9 Å². The number of ether oxygens (including phenoxy) is 1. The highest BCUT2D eigenvalue weighted by atomic mass is 79.9. The van der Waals surface area contributed by atoms with E-state index in [1.807, 2.05) is 0 Å². The van der Waals surface area contributed by atoms with Crippen molar-refractivity contribution < 1.29 is 14.1 Å². The number of nitrogens with two attached hydrogens (primary N) is 1. The van der Waals surface area contributed by atoms with Crippen LogP contribution >= 0.6 is 15.9 Å². The Bertz CT molecular complexity index is 737. The smallest absolute Gasteiger partial charge is 0.312 e. The van der Waals surface area contributed by atoms with E-state index in [4.69, 9.17) is 15.9 Å². The molecule has 0 amide bonds. The number of rotatable bonds is 4. The number of hydrogen-bond acceptors (Lipinski definition) is 4. The van der Waals surface area contributed by atoms with E-state index in [-0.39, 0.29) is 28.6 Å². The molecule has 0 radical (unpaired) electrons. The number of nitro groups is 1. The molecule has 8 heteroatoms. The average Bonchev–Trinajstić information content (AvgIpc) is 2.42. The second-order valence-electron chi connectivity index (χ2n) is 4.01. The van der Waals surface area contributed by atoms with Crippen LogP contribution in [0.1, 0.15) is 5.56 Å². The van der Waals surface area contributed by atoms with Crippen LogP contribution in [-0.4, -0.2) is 10.8 Å². The van der Waals surface area contributed by atoms with Gasteiger partial charge in [0.1, 0.15) is 5.84 Å². The first-order chi connectivity index (χ1) is 9.90. The fourth-order valence-electron chi connectivity index (χ4n) is 1.60. The minimum absolute atomic E-state index is 0.100. The maximum atomic E-state index is 13.9. The normalized spacial score (nSPS) is 10.2. The van der Waals surface area contributed by atoms with Gasteiger partial charge in [-0.05, 0) is 40.2 Å². The highest BCUT2D eigenvalue weighted by Gasteiger charge is 2.20. The van der Waals surface area contributed by atoms with E-state index in [9.17, 15) is 14.5 Å². The Balaban J connectivity index is 2.44. The van der Waals surface area contributed by atoms with Crippen molar-refractivity contribution in [3.05, 3.63) is 62.4 Å². The SMILES string of the molecule is N=C(N)c1ccc(Oc2c(Br)cccc2[N+](=O)[O-])c(F)c1. The van der Waals surface area contributed by atoms with Crippen molar-refractivity contribution >= 4 is 27.5 Å². The number of nitrogen functional groups attached to an aromatic ring is 1. The lowest BCUT2D eigenvalue weighted by atomic mass is 10.2. The van der Waals surface area contributed by atoms with E-state index < -0.39 is 10.7 Å². The van der Waals surface area contributed by atoms with Crippen molar-refractivity contribution in [2.24, 2.45) is 5.73 Å². The standard InChI is InChI=1S/C13H9BrFN3O3/c14-8-2-1-3-10(18(19)20)12(8)21-11-5-4-7(13(16)17)6-9(11)15/h1-6H,(H3,16,17). The molecule has 0 saturated heterocycles. The molecule has 0 bridgehead atoms. The second kappa shape index (κ2) is 5.88. The van der Waals surface area contributed by atoms with Crippen LogP contribution in [0.2, 0.25) is 0 Å². The van der Waals surface area contributed by atoms with Crippen LogP contribution in [0.5, 0.6) is 11.5 Å². The van der Waals surface area contributed by atoms with Crippen molar-refractivity contribution in [1.29, 1.82) is 5.41 Å². The summed E-state index contributed by atoms with van der Waals surface area (Å²) in [6.45, 7) is 0. The van der Waals surface area contributed by atoms with Crippen molar-refractivity contribution in [3.8, 4) is 11.5 Å². The summed E-state index contributed by atoms with van der Waals surface area (Å²) in [5.74, 6) is -1.35. The van der Waals surface area contributed by atoms with Gasteiger partial charge in [0.25, 0.3) is 0 Å². The van der Waals surface area contributed by atoms with Crippen molar-refractivity contribution in [1.82, 2.24) is 0 Å². The first kappa shape index (κ1) is 14.9. The molecule has 2 aromatic rings. The lowest BCUT2D eigenvalue weighted by Crippen LogP contribution is -2.11. The van der Waals surface area contributed by atoms with Gasteiger partial charge in [0.15, 0.2) is 11.6 Å². The predicted octanol–water partition coefficient (Wildman–Crippen LogP) is 3.57. The Morgan fingerprint density at radius 2 is 2.10 bits per heavy atom. The Labute approximate surface area is 127 Å². The summed E-state index contributed by atoms with van der Waals surface area (Å²) in [4.78, 5) is 10.3. The summed E-state index contributed by atoms with van der Waals surface area (Å²) >= 11 is 3.13. The summed E-state index contributed by atoms with van der Waals surface area (Å²) in [6, 6.07) is 7.95. The Kier molecular flexibility index (Phi) is 4.18. The van der Waals surface area contributed by atoms with Gasteiger partial charge >= 0.3 is 5.69 Å². The minimum Gasteiger partial charge on any atom is -0.446 e. The first-order valence-corrected chi connectivity index (χ1v) is 6.44. The van der Waals surface area contributed by atoms with Gasteiger partial charge in [-0.25, -0.2) is 4.39 Å². The maximum absolute atomic E-state index is 13.9. The molecule has 0 heterocycles. The lowest BCUT2D eigenvalue weighted by molar-refractivity contribution is -0.385. The van der Waals surface area contributed by atoms with Crippen molar-refractivity contribution in [2.75, 3.05) is 0 Å². The van der Waals surface area contributed by atoms with E-state index in [0.29, 0.717) is 4.47 Å². The van der Waals surface area contributed by atoms with Crippen LogP contribution in [0.15, 0.2) is 40.9 Å². The largest absolute Gasteiger partial charge is 0.446 e. The van der Waals surface area contributed by atoms with Gasteiger partial charge in [0.05, 0.1) is 9.40 Å². The second-order valence-corrected chi connectivity index (χ2v) is 4.86. The molecule has 21 heavy (non-hydrogen) atoms. The highest BCUT2D eigenvalue weighted by molar-refractivity contribution is 9.10. The van der Waals surface area contributed by atoms with Gasteiger partial charge < -0.3 is 10.5 Å². The Morgan fingerprint density at radius 3 is 2.67 bits per heavy atom. The van der Waals surface area contributed by atoms with E-state index in [1.54, 1.807) is 6.07 Å². The fraction of sp³-hybridized carbons (Fsp3) is 0. The fourth-order valence-corrected chi connectivity index (χ4v) is 2.04. The number of benzene rings is 2. The molecule has 0 aromatic heterocycles. The Morgan fingerprint density at radius 1 is 1.38 bits per heavy atom. The lowest BCUT2D eigenvalue weighted by Gasteiger charge is -2.09. The number of amidine groups is 1. The summed E-state index contributed by atoms with van der Waals surface area (Å²) in [7, 11) is 0. The molecule has 3 N–H and O–H groups in total. The van der Waals surface area contributed by atoms with Crippen molar-refractivity contribution in [3.63, 3.8) is 0 Å². The topological polar surface area (TPSA) is 102 Å². The summed E-state index contributed by atoms with van der Waals surface area (Å²) in [5.41, 5.74) is 5.16. The third kappa shape index (κ3) is 3.16. The quantitative estimate of drug-likeness (QED) is 0.379. The number of nitrogens with zero attached hydrogens (tertiary/aromatic N) is 1. The monoisotopic (exact) mass is 353 g/mol. The maximum Gasteiger partial charge on any atom is 0.312 e. The molecule has 0 fully saturated rings. The van der Waals surface area contributed by atoms with Crippen LogP contribution in [0.3, 0.4) is 0 Å². The summed E-state index contributed by atoms with van der Waals surface area (Å²) < 4.78 is 19.5. The molecule has 2 aromatic carbocycles. The number of halogens is 2. The van der Waals surface area contributed by atoms with Crippen LogP contribution in [0, 0.1) is 21.3 Å². The van der Waals surface area contributed by atoms with Gasteiger partial charge in [-0.15, -0.1) is 0 Å². The number of hydrogen-bond donors (Lipinski definition) is 2. The van der Waals surface area contributed by atoms with Gasteiger partial charge in [-0.3, -0.25) is 15.5 Å². The molecule has 0 saturated carbocycles. The molecule has 2 rings (SSSR count). The molecule has 0 aliphatic rings. The van der Waals surface area contributed by atoms with Crippen LogP contribution < -0.4 is 10.5 Å². The van der Waals surface area contributed by atoms with Crippen LogP contribution in [-0.2, 0) is 0 Å². The molecule has 0 aliphatic heterocycles. The highest BCUT2D eigenvalue weighted by Crippen LogP contribution is 2.38.